The first kappa shape index (κ1) is 19.0. The van der Waals surface area contributed by atoms with E-state index in [0.717, 1.165) is 43.5 Å². The summed E-state index contributed by atoms with van der Waals surface area (Å²) in [5.41, 5.74) is 4.25. The Morgan fingerprint density at radius 1 is 1.07 bits per heavy atom. The van der Waals surface area contributed by atoms with E-state index in [-0.39, 0.29) is 0 Å². The highest BCUT2D eigenvalue weighted by molar-refractivity contribution is 7.16. The molecule has 4 heterocycles. The first-order valence-corrected chi connectivity index (χ1v) is 10.5. The fraction of sp³-hybridized carbons (Fsp3) is 0.150. The number of hydrogen-bond acceptors (Lipinski definition) is 9. The van der Waals surface area contributed by atoms with Crippen LogP contribution in [-0.2, 0) is 6.54 Å². The van der Waals surface area contributed by atoms with Gasteiger partial charge in [0.15, 0.2) is 5.13 Å². The van der Waals surface area contributed by atoms with Gasteiger partial charge in [0.05, 0.1) is 33.2 Å². The van der Waals surface area contributed by atoms with E-state index in [9.17, 15) is 0 Å². The molecule has 0 saturated carbocycles. The monoisotopic (exact) mass is 419 g/mol. The van der Waals surface area contributed by atoms with Gasteiger partial charge in [0.2, 0.25) is 0 Å². The van der Waals surface area contributed by atoms with Crippen molar-refractivity contribution in [1.29, 1.82) is 5.26 Å². The summed E-state index contributed by atoms with van der Waals surface area (Å²) in [6.45, 7) is 4.63. The van der Waals surface area contributed by atoms with Crippen LogP contribution in [0.3, 0.4) is 0 Å². The van der Waals surface area contributed by atoms with E-state index in [0.29, 0.717) is 12.2 Å². The van der Waals surface area contributed by atoms with Crippen LogP contribution in [0, 0.1) is 25.2 Å². The van der Waals surface area contributed by atoms with Gasteiger partial charge in [-0.15, -0.1) is 22.7 Å². The molecule has 4 rings (SSSR count). The second-order valence-corrected chi connectivity index (χ2v) is 8.32. The minimum atomic E-state index is 0.402. The summed E-state index contributed by atoms with van der Waals surface area (Å²) >= 11 is 3.20. The summed E-state index contributed by atoms with van der Waals surface area (Å²) < 4.78 is 0. The van der Waals surface area contributed by atoms with Gasteiger partial charge in [-0.25, -0.2) is 19.9 Å². The summed E-state index contributed by atoms with van der Waals surface area (Å²) in [5.74, 6) is 0.742. The van der Waals surface area contributed by atoms with E-state index in [1.165, 1.54) is 0 Å². The maximum atomic E-state index is 8.79. The molecule has 4 aromatic heterocycles. The Morgan fingerprint density at radius 3 is 2.62 bits per heavy atom. The second-order valence-electron chi connectivity index (χ2n) is 6.26. The summed E-state index contributed by atoms with van der Waals surface area (Å²) in [6, 6.07) is 9.46. The number of aromatic nitrogens is 4. The topological polar surface area (TPSA) is 99.4 Å². The maximum absolute atomic E-state index is 8.79. The number of pyridine rings is 2. The molecule has 29 heavy (non-hydrogen) atoms. The number of hydrogen-bond donors (Lipinski definition) is 2. The van der Waals surface area contributed by atoms with Crippen molar-refractivity contribution in [1.82, 2.24) is 19.9 Å². The van der Waals surface area contributed by atoms with Gasteiger partial charge >= 0.3 is 0 Å². The Labute approximate surface area is 176 Å². The van der Waals surface area contributed by atoms with Gasteiger partial charge in [0.1, 0.15) is 17.6 Å². The van der Waals surface area contributed by atoms with E-state index in [4.69, 9.17) is 5.26 Å². The smallest absolute Gasteiger partial charge is 0.188 e. The van der Waals surface area contributed by atoms with Gasteiger partial charge in [-0.05, 0) is 37.6 Å². The predicted octanol–water partition coefficient (Wildman–Crippen LogP) is 4.90. The van der Waals surface area contributed by atoms with E-state index >= 15 is 0 Å². The third kappa shape index (κ3) is 4.56. The summed E-state index contributed by atoms with van der Waals surface area (Å²) in [7, 11) is 0. The average Bonchev–Trinajstić information content (AvgIpc) is 3.33. The highest BCUT2D eigenvalue weighted by Gasteiger charge is 2.11. The number of rotatable bonds is 6. The van der Waals surface area contributed by atoms with Crippen molar-refractivity contribution in [2.24, 2.45) is 0 Å². The Balaban J connectivity index is 1.37. The number of aryl methyl sites for hydroxylation is 2. The molecule has 0 spiro atoms. The fourth-order valence-electron chi connectivity index (χ4n) is 2.69. The van der Waals surface area contributed by atoms with Crippen LogP contribution in [0.5, 0.6) is 0 Å². The molecule has 0 radical (unpaired) electrons. The van der Waals surface area contributed by atoms with Crippen molar-refractivity contribution in [3.8, 4) is 16.6 Å². The van der Waals surface area contributed by atoms with Crippen LogP contribution in [0.2, 0.25) is 0 Å². The number of nitrogens with zero attached hydrogens (tertiary/aromatic N) is 5. The molecule has 144 valence electrons. The van der Waals surface area contributed by atoms with Gasteiger partial charge < -0.3 is 10.6 Å². The zero-order chi connectivity index (χ0) is 20.2. The van der Waals surface area contributed by atoms with Crippen molar-refractivity contribution in [3.63, 3.8) is 0 Å². The lowest BCUT2D eigenvalue weighted by Crippen LogP contribution is -2.01. The summed E-state index contributed by atoms with van der Waals surface area (Å²) in [4.78, 5) is 18.7. The number of anilines is 3. The third-order valence-corrected chi connectivity index (χ3v) is 5.93. The van der Waals surface area contributed by atoms with Crippen LogP contribution >= 0.6 is 22.7 Å². The van der Waals surface area contributed by atoms with Crippen molar-refractivity contribution < 1.29 is 0 Å². The summed E-state index contributed by atoms with van der Waals surface area (Å²) in [6.07, 6.45) is 3.46. The minimum absolute atomic E-state index is 0.402. The molecule has 0 fully saturated rings. The van der Waals surface area contributed by atoms with Gasteiger partial charge in [-0.1, -0.05) is 6.07 Å². The van der Waals surface area contributed by atoms with E-state index in [2.05, 4.69) is 30.6 Å². The molecule has 0 amide bonds. The lowest BCUT2D eigenvalue weighted by atomic mass is 10.2. The lowest BCUT2D eigenvalue weighted by Gasteiger charge is -2.07. The first-order valence-electron chi connectivity index (χ1n) is 8.82. The normalized spacial score (nSPS) is 10.5. The molecule has 0 bridgehead atoms. The Kier molecular flexibility index (Phi) is 5.46. The van der Waals surface area contributed by atoms with Crippen molar-refractivity contribution >= 4 is 39.3 Å². The number of nitriles is 1. The average molecular weight is 420 g/mol. The van der Waals surface area contributed by atoms with Crippen molar-refractivity contribution in [2.45, 2.75) is 20.4 Å². The van der Waals surface area contributed by atoms with E-state index in [1.54, 1.807) is 34.9 Å². The molecule has 4 aromatic rings. The Hall–Kier alpha value is -3.35. The molecule has 0 aliphatic rings. The quantitative estimate of drug-likeness (QED) is 0.458. The Bertz CT molecular complexity index is 1160. The van der Waals surface area contributed by atoms with Gasteiger partial charge in [-0.3, -0.25) is 0 Å². The van der Waals surface area contributed by atoms with Crippen LogP contribution in [0.15, 0.2) is 42.0 Å². The van der Waals surface area contributed by atoms with Crippen LogP contribution in [0.1, 0.15) is 22.0 Å². The first-order chi connectivity index (χ1) is 14.1. The van der Waals surface area contributed by atoms with E-state index < -0.39 is 0 Å². The van der Waals surface area contributed by atoms with Crippen LogP contribution in [0.25, 0.3) is 10.6 Å². The predicted molar refractivity (Wildman–Crippen MR) is 116 cm³/mol. The summed E-state index contributed by atoms with van der Waals surface area (Å²) in [5, 5.41) is 19.2. The molecule has 0 aromatic carbocycles. The standard InChI is InChI=1S/C20H17N7S2/c1-12-19(29-13(2)25-12)17-11-28-20(26-17)27-18-6-3-14(9-24-18)8-22-16-5-4-15(7-21)23-10-16/h3-6,9-11,22H,8H2,1-2H3,(H,24,26,27). The molecular formula is C20H17N7S2. The van der Waals surface area contributed by atoms with Crippen LogP contribution in [-0.4, -0.2) is 19.9 Å². The van der Waals surface area contributed by atoms with Gasteiger partial charge in [0, 0.05) is 18.1 Å². The zero-order valence-electron chi connectivity index (χ0n) is 15.8. The molecular weight excluding hydrogens is 402 g/mol. The Morgan fingerprint density at radius 2 is 1.97 bits per heavy atom. The molecule has 0 aliphatic carbocycles. The van der Waals surface area contributed by atoms with Crippen molar-refractivity contribution in [3.05, 3.63) is 64.0 Å². The molecule has 7 nitrogen and oxygen atoms in total. The van der Waals surface area contributed by atoms with Crippen LogP contribution < -0.4 is 10.6 Å². The number of thiazole rings is 2. The molecule has 9 heteroatoms. The van der Waals surface area contributed by atoms with Gasteiger partial charge in [0.25, 0.3) is 0 Å². The van der Waals surface area contributed by atoms with Gasteiger partial charge in [-0.2, -0.15) is 5.26 Å². The molecule has 0 atom stereocenters. The van der Waals surface area contributed by atoms with Crippen molar-refractivity contribution in [2.75, 3.05) is 10.6 Å². The fourth-order valence-corrected chi connectivity index (χ4v) is 4.35. The molecule has 0 aliphatic heterocycles. The number of nitrogens with one attached hydrogen (secondary N) is 2. The zero-order valence-corrected chi connectivity index (χ0v) is 17.4. The van der Waals surface area contributed by atoms with Crippen LogP contribution in [0.4, 0.5) is 16.6 Å². The molecule has 0 saturated heterocycles. The highest BCUT2D eigenvalue weighted by atomic mass is 32.1. The second kappa shape index (κ2) is 8.34. The minimum Gasteiger partial charge on any atom is -0.380 e. The SMILES string of the molecule is Cc1nc(C)c(-c2csc(Nc3ccc(CNc4ccc(C#N)nc4)cn3)n2)s1. The molecule has 2 N–H and O–H groups in total. The maximum Gasteiger partial charge on any atom is 0.188 e. The third-order valence-electron chi connectivity index (χ3n) is 4.07. The molecule has 0 unspecified atom stereocenters. The lowest BCUT2D eigenvalue weighted by molar-refractivity contribution is 1.10. The largest absolute Gasteiger partial charge is 0.380 e. The van der Waals surface area contributed by atoms with E-state index in [1.807, 2.05) is 49.7 Å². The highest BCUT2D eigenvalue weighted by Crippen LogP contribution is 2.32.